The third kappa shape index (κ3) is 23.3. The summed E-state index contributed by atoms with van der Waals surface area (Å²) in [6.07, 6.45) is -2.11. The van der Waals surface area contributed by atoms with Crippen LogP contribution in [0.1, 0.15) is 43.9 Å². The Bertz CT molecular complexity index is 4060. The number of phosphoric acid groups is 3. The van der Waals surface area contributed by atoms with E-state index < -0.39 is 129 Å². The SMILES string of the molecule is O=C(CCOCCOCCOCCOCCOCCNC(=O)CCCCCNC(=O)COc1cc(S(=O)(=O)O)c2ccc3c(S(=O)(=O)O)cc(S(=O)(=O)O)c4ccc1c2c43)NC/C=C/c1cn([C@@H]2O[C@H](COP(=O)(O)OP(=O)(O)OP(=O)(O)O)[C@@H](O)[C@H]2O)c(=O)[nH]c1=O. The molecule has 2 heterocycles. The summed E-state index contributed by atoms with van der Waals surface area (Å²) < 4.78 is 189. The van der Waals surface area contributed by atoms with Crippen molar-refractivity contribution < 1.29 is 143 Å². The van der Waals surface area contributed by atoms with Crippen molar-refractivity contribution in [2.45, 2.75) is 71.3 Å². The normalized spacial score (nSPS) is 17.9. The second-order valence-corrected chi connectivity index (χ2v) is 28.3. The van der Waals surface area contributed by atoms with Gasteiger partial charge < -0.3 is 78.9 Å². The van der Waals surface area contributed by atoms with Crippen LogP contribution in [0.25, 0.3) is 38.4 Å². The molecule has 1 saturated heterocycles. The van der Waals surface area contributed by atoms with Gasteiger partial charge in [0, 0.05) is 77.1 Å². The maximum Gasteiger partial charge on any atom is 0.490 e. The van der Waals surface area contributed by atoms with E-state index in [1.54, 1.807) is 0 Å². The number of unbranched alkanes of at least 4 members (excludes halogenated alkanes) is 2. The molecule has 4 aromatic carbocycles. The van der Waals surface area contributed by atoms with Crippen molar-refractivity contribution in [3.63, 3.8) is 0 Å². The van der Waals surface area contributed by atoms with Gasteiger partial charge in [0.15, 0.2) is 12.8 Å². The predicted octanol–water partition coefficient (Wildman–Crippen LogP) is -0.389. The molecule has 1 aromatic heterocycles. The number of phosphoric ester groups is 1. The maximum atomic E-state index is 12.8. The minimum absolute atomic E-state index is 0.0328. The molecule has 518 valence electrons. The van der Waals surface area contributed by atoms with E-state index in [9.17, 15) is 96.6 Å². The van der Waals surface area contributed by atoms with Crippen LogP contribution in [-0.2, 0) is 100.0 Å². The lowest BCUT2D eigenvalue weighted by atomic mass is 9.93. The van der Waals surface area contributed by atoms with E-state index in [1.807, 2.05) is 4.98 Å². The molecular weight excluding hydrogens is 1380 g/mol. The number of amides is 3. The van der Waals surface area contributed by atoms with Crippen LogP contribution in [0.2, 0.25) is 0 Å². The monoisotopic (exact) mass is 1440 g/mol. The Hall–Kier alpha value is -5.63. The van der Waals surface area contributed by atoms with E-state index in [-0.39, 0.29) is 148 Å². The van der Waals surface area contributed by atoms with Gasteiger partial charge in [-0.15, -0.1) is 0 Å². The van der Waals surface area contributed by atoms with Crippen LogP contribution in [0.15, 0.2) is 72.9 Å². The number of rotatable bonds is 41. The zero-order chi connectivity index (χ0) is 68.5. The minimum Gasteiger partial charge on any atom is -0.483 e. The second-order valence-electron chi connectivity index (χ2n) is 19.7. The van der Waals surface area contributed by atoms with Gasteiger partial charge in [-0.1, -0.05) is 36.8 Å². The Morgan fingerprint density at radius 3 is 1.67 bits per heavy atom. The number of hydrogen-bond acceptors (Lipinski definition) is 26. The second kappa shape index (κ2) is 33.8. The first-order chi connectivity index (χ1) is 43.6. The molecule has 1 aliphatic rings. The van der Waals surface area contributed by atoms with Crippen LogP contribution in [-0.4, -0.2) is 213 Å². The number of ether oxygens (including phenoxy) is 7. The highest BCUT2D eigenvalue weighted by Gasteiger charge is 2.47. The first kappa shape index (κ1) is 76.4. The van der Waals surface area contributed by atoms with E-state index in [0.717, 1.165) is 24.4 Å². The molecule has 93 heavy (non-hydrogen) atoms. The fraction of sp³-hybridized carbons (Fsp3) is 0.490. The van der Waals surface area contributed by atoms with Gasteiger partial charge in [-0.05, 0) is 25.0 Å². The van der Waals surface area contributed by atoms with Crippen LogP contribution >= 0.6 is 23.5 Å². The molecule has 6 rings (SSSR count). The fourth-order valence-electron chi connectivity index (χ4n) is 8.96. The van der Waals surface area contributed by atoms with Gasteiger partial charge in [-0.3, -0.25) is 46.9 Å². The Balaban J connectivity index is 0.739. The van der Waals surface area contributed by atoms with Crippen molar-refractivity contribution in [2.75, 3.05) is 98.9 Å². The lowest BCUT2D eigenvalue weighted by Gasteiger charge is -2.19. The van der Waals surface area contributed by atoms with Gasteiger partial charge in [-0.2, -0.15) is 33.9 Å². The Morgan fingerprint density at radius 1 is 0.602 bits per heavy atom. The van der Waals surface area contributed by atoms with Gasteiger partial charge >= 0.3 is 29.2 Å². The van der Waals surface area contributed by atoms with Gasteiger partial charge in [0.05, 0.1) is 78.2 Å². The number of benzene rings is 4. The van der Waals surface area contributed by atoms with Gasteiger partial charge in [-0.25, -0.2) is 18.5 Å². The van der Waals surface area contributed by atoms with Crippen LogP contribution in [0.5, 0.6) is 5.75 Å². The molecule has 44 heteroatoms. The highest BCUT2D eigenvalue weighted by molar-refractivity contribution is 7.87. The molecule has 0 bridgehead atoms. The molecule has 0 radical (unpaired) electrons. The molecular formula is C49H66N5O33P3S3. The molecule has 0 spiro atoms. The van der Waals surface area contributed by atoms with Crippen LogP contribution < -0.4 is 31.9 Å². The molecule has 0 saturated carbocycles. The maximum absolute atomic E-state index is 12.8. The number of aromatic nitrogens is 2. The van der Waals surface area contributed by atoms with Crippen molar-refractivity contribution in [1.29, 1.82) is 0 Å². The van der Waals surface area contributed by atoms with Crippen molar-refractivity contribution in [1.82, 2.24) is 25.5 Å². The number of carbonyl (C=O) groups is 3. The van der Waals surface area contributed by atoms with E-state index in [0.29, 0.717) is 29.9 Å². The topological polar surface area (TPSA) is 570 Å². The summed E-state index contributed by atoms with van der Waals surface area (Å²) in [5.41, 5.74) is -2.20. The first-order valence-electron chi connectivity index (χ1n) is 27.4. The summed E-state index contributed by atoms with van der Waals surface area (Å²) in [5.74, 6) is -1.53. The summed E-state index contributed by atoms with van der Waals surface area (Å²) in [4.78, 5) is 98.0. The molecule has 5 aromatic rings. The van der Waals surface area contributed by atoms with Crippen LogP contribution in [0, 0.1) is 0 Å². The summed E-state index contributed by atoms with van der Waals surface area (Å²) >= 11 is 0. The Kier molecular flexibility index (Phi) is 27.8. The average molecular weight is 1440 g/mol. The number of aromatic amines is 1. The van der Waals surface area contributed by atoms with E-state index in [4.69, 9.17) is 42.9 Å². The first-order valence-corrected chi connectivity index (χ1v) is 36.3. The minimum atomic E-state index is -5.86. The lowest BCUT2D eigenvalue weighted by molar-refractivity contribution is -0.123. The number of aliphatic hydroxyl groups is 2. The number of aliphatic hydroxyl groups excluding tert-OH is 2. The third-order valence-electron chi connectivity index (χ3n) is 13.0. The zero-order valence-corrected chi connectivity index (χ0v) is 53.6. The molecule has 38 nitrogen and oxygen atoms in total. The number of H-pyrrole nitrogens is 1. The molecule has 6 atom stereocenters. The van der Waals surface area contributed by atoms with E-state index in [2.05, 4.69) is 29.1 Å². The van der Waals surface area contributed by atoms with Gasteiger partial charge in [0.2, 0.25) is 11.8 Å². The largest absolute Gasteiger partial charge is 0.490 e. The standard InChI is InChI=1S/C49H66N5O33P3S3/c55-40(6-2-1-3-12-51-42(57)29-83-35-25-37(91(69,70)71)32-9-10-34-39(93(75,76)77)26-38(92(72,73)74)33-8-7-31(35)43(32)44(33)34)52-14-16-79-18-20-81-22-24-82-23-21-80-19-17-78-15-11-41(56)50-13-4-5-30-27-54(49(61)53-47(30)60)48-46(59)45(58)36(85-48)28-84-89(65,66)87-90(67,68)86-88(62,63)64/h4-5,7-10,25-27,36,45-46,48,58-59H,1-3,6,11-24,28-29H2,(H,50,56)(H,51,57)(H,52,55)(H,65,66)(H,67,68)(H,53,60,61)(H2,62,63,64)(H,69,70,71)(H,72,73,74)(H,75,76,77)/b5-4+/t36-,45-,46-,48-/m1/s1. The van der Waals surface area contributed by atoms with Crippen molar-refractivity contribution in [3.05, 3.63) is 75.1 Å². The number of hydrogen-bond donors (Lipinski definition) is 13. The molecule has 0 aliphatic carbocycles. The van der Waals surface area contributed by atoms with Crippen LogP contribution in [0.3, 0.4) is 0 Å². The van der Waals surface area contributed by atoms with Gasteiger partial charge in [0.25, 0.3) is 41.8 Å². The van der Waals surface area contributed by atoms with Crippen molar-refractivity contribution in [3.8, 4) is 5.75 Å². The Morgan fingerprint density at radius 2 is 1.11 bits per heavy atom. The van der Waals surface area contributed by atoms with Crippen molar-refractivity contribution in [2.24, 2.45) is 0 Å². The Labute approximate surface area is 527 Å². The lowest BCUT2D eigenvalue weighted by Crippen LogP contribution is -2.38. The predicted molar refractivity (Wildman–Crippen MR) is 317 cm³/mol. The highest BCUT2D eigenvalue weighted by Crippen LogP contribution is 2.66. The zero-order valence-electron chi connectivity index (χ0n) is 48.5. The number of nitrogens with one attached hydrogen (secondary N) is 4. The van der Waals surface area contributed by atoms with Gasteiger partial charge in [0.1, 0.15) is 38.7 Å². The summed E-state index contributed by atoms with van der Waals surface area (Å²) in [6.45, 7) is 0.845. The summed E-state index contributed by atoms with van der Waals surface area (Å²) in [5, 5.41) is 27.9. The summed E-state index contributed by atoms with van der Waals surface area (Å²) in [6, 6.07) is 6.21. The highest BCUT2D eigenvalue weighted by atomic mass is 32.2. The average Bonchev–Trinajstić information content (AvgIpc) is 1.13. The fourth-order valence-corrected chi connectivity index (χ4v) is 14.2. The number of nitrogens with zero attached hydrogens (tertiary/aromatic N) is 1. The van der Waals surface area contributed by atoms with Crippen molar-refractivity contribution >= 4 is 110 Å². The van der Waals surface area contributed by atoms with E-state index in [1.165, 1.54) is 24.3 Å². The van der Waals surface area contributed by atoms with Crippen LogP contribution in [0.4, 0.5) is 0 Å². The summed E-state index contributed by atoms with van der Waals surface area (Å²) in [7, 11) is -32.4. The molecule has 2 unspecified atom stereocenters. The molecule has 1 fully saturated rings. The smallest absolute Gasteiger partial charge is 0.483 e. The molecule has 1 aliphatic heterocycles. The third-order valence-corrected chi connectivity index (χ3v) is 19.5. The van der Waals surface area contributed by atoms with E-state index >= 15 is 0 Å². The quantitative estimate of drug-likeness (QED) is 0.0103. The molecule has 13 N–H and O–H groups in total. The number of carbonyl (C=O) groups excluding carboxylic acids is 3. The molecule has 3 amide bonds.